The van der Waals surface area contributed by atoms with E-state index in [1.54, 1.807) is 13.8 Å². The molecule has 0 atom stereocenters. The van der Waals surface area contributed by atoms with E-state index < -0.39 is 5.60 Å². The predicted molar refractivity (Wildman–Crippen MR) is 66.8 cm³/mol. The van der Waals surface area contributed by atoms with Gasteiger partial charge in [0.25, 0.3) is 0 Å². The zero-order chi connectivity index (χ0) is 14.4. The molecule has 0 saturated carbocycles. The van der Waals surface area contributed by atoms with E-state index in [0.717, 1.165) is 0 Å². The van der Waals surface area contributed by atoms with Crippen LogP contribution in [0.15, 0.2) is 0 Å². The van der Waals surface area contributed by atoms with Crippen molar-refractivity contribution >= 4 is 5.78 Å². The quantitative estimate of drug-likeness (QED) is 0.900. The minimum atomic E-state index is -1.07. The van der Waals surface area contributed by atoms with Crippen LogP contribution in [0.4, 0.5) is 0 Å². The van der Waals surface area contributed by atoms with Crippen molar-refractivity contribution in [1.82, 2.24) is 0 Å². The zero-order valence-electron chi connectivity index (χ0n) is 11.5. The molecule has 0 spiro atoms. The van der Waals surface area contributed by atoms with Crippen LogP contribution >= 0.6 is 0 Å². The Morgan fingerprint density at radius 2 is 1.53 bits per heavy atom. The van der Waals surface area contributed by atoms with Gasteiger partial charge in [0.1, 0.15) is 5.56 Å². The summed E-state index contributed by atoms with van der Waals surface area (Å²) in [6.45, 7) is 3.24. The van der Waals surface area contributed by atoms with E-state index >= 15 is 0 Å². The Morgan fingerprint density at radius 3 is 2.00 bits per heavy atom. The summed E-state index contributed by atoms with van der Waals surface area (Å²) < 4.78 is 21.0. The molecule has 1 heterocycles. The molecule has 6 nitrogen and oxygen atoms in total. The Kier molecular flexibility index (Phi) is 2.96. The fraction of sp³-hybridized carbons (Fsp3) is 0.462. The summed E-state index contributed by atoms with van der Waals surface area (Å²) in [5.74, 6) is -0.0589. The molecule has 0 fully saturated rings. The number of carbonyl (C=O) groups excluding carboxylic acids is 1. The number of phenolic OH excluding ortho intramolecular Hbond substituents is 1. The number of hydrogen-bond acceptors (Lipinski definition) is 6. The molecule has 0 bridgehead atoms. The van der Waals surface area contributed by atoms with Gasteiger partial charge < -0.3 is 24.1 Å². The number of rotatable bonds is 3. The monoisotopic (exact) mass is 268 g/mol. The van der Waals surface area contributed by atoms with Crippen LogP contribution in [0.25, 0.3) is 0 Å². The number of ether oxygens (including phenoxy) is 4. The van der Waals surface area contributed by atoms with Gasteiger partial charge in [-0.15, -0.1) is 0 Å². The molecule has 19 heavy (non-hydrogen) atoms. The highest BCUT2D eigenvalue weighted by Crippen LogP contribution is 2.56. The maximum Gasteiger partial charge on any atom is 0.213 e. The van der Waals surface area contributed by atoms with Crippen LogP contribution in [0.5, 0.6) is 28.7 Å². The molecule has 1 aromatic rings. The number of carbonyl (C=O) groups is 1. The number of fused-ring (bicyclic) bond motifs is 1. The Morgan fingerprint density at radius 1 is 1.00 bits per heavy atom. The molecular formula is C13H16O6. The third-order valence-electron chi connectivity index (χ3n) is 3.04. The highest BCUT2D eigenvalue weighted by Gasteiger charge is 2.46. The van der Waals surface area contributed by atoms with E-state index in [1.807, 2.05) is 0 Å². The zero-order valence-corrected chi connectivity index (χ0v) is 11.5. The summed E-state index contributed by atoms with van der Waals surface area (Å²) in [6.07, 6.45) is 0. The van der Waals surface area contributed by atoms with Gasteiger partial charge in [-0.1, -0.05) is 0 Å². The first kappa shape index (κ1) is 13.3. The molecule has 1 aliphatic heterocycles. The summed E-state index contributed by atoms with van der Waals surface area (Å²) >= 11 is 0. The summed E-state index contributed by atoms with van der Waals surface area (Å²) in [5.41, 5.74) is -0.896. The van der Waals surface area contributed by atoms with E-state index in [9.17, 15) is 9.90 Å². The van der Waals surface area contributed by atoms with Crippen LogP contribution in [-0.2, 0) is 0 Å². The van der Waals surface area contributed by atoms with Gasteiger partial charge in [0.05, 0.1) is 21.3 Å². The van der Waals surface area contributed by atoms with Gasteiger partial charge in [-0.3, -0.25) is 4.79 Å². The standard InChI is InChI=1S/C13H16O6/c1-13(2)12(15)6-8(19-13)7(14)10(17-4)11(18-5)9(6)16-3/h14H,1-5H3. The first-order valence-corrected chi connectivity index (χ1v) is 5.67. The van der Waals surface area contributed by atoms with Gasteiger partial charge in [0.15, 0.2) is 17.1 Å². The molecule has 0 aliphatic carbocycles. The summed E-state index contributed by atoms with van der Waals surface area (Å²) in [5, 5.41) is 10.2. The van der Waals surface area contributed by atoms with Crippen LogP contribution in [0.3, 0.4) is 0 Å². The van der Waals surface area contributed by atoms with Crippen LogP contribution in [-0.4, -0.2) is 37.8 Å². The lowest BCUT2D eigenvalue weighted by Crippen LogP contribution is -2.32. The van der Waals surface area contributed by atoms with Crippen molar-refractivity contribution in [3.63, 3.8) is 0 Å². The second kappa shape index (κ2) is 4.22. The first-order valence-electron chi connectivity index (χ1n) is 5.67. The number of ketones is 1. The predicted octanol–water partition coefficient (Wildman–Crippen LogP) is 1.77. The van der Waals surface area contributed by atoms with Crippen molar-refractivity contribution < 1.29 is 28.8 Å². The van der Waals surface area contributed by atoms with Crippen molar-refractivity contribution in [2.75, 3.05) is 21.3 Å². The van der Waals surface area contributed by atoms with Crippen LogP contribution in [0.1, 0.15) is 24.2 Å². The molecule has 1 N–H and O–H groups in total. The van der Waals surface area contributed by atoms with Crippen molar-refractivity contribution in [2.24, 2.45) is 0 Å². The van der Waals surface area contributed by atoms with E-state index in [4.69, 9.17) is 18.9 Å². The minimum absolute atomic E-state index is 0.0597. The Hall–Kier alpha value is -2.11. The van der Waals surface area contributed by atoms with Gasteiger partial charge in [0.2, 0.25) is 23.0 Å². The van der Waals surface area contributed by atoms with Crippen LogP contribution < -0.4 is 18.9 Å². The minimum Gasteiger partial charge on any atom is -0.502 e. The fourth-order valence-corrected chi connectivity index (χ4v) is 2.13. The van der Waals surface area contributed by atoms with Crippen molar-refractivity contribution in [1.29, 1.82) is 0 Å². The van der Waals surface area contributed by atoms with Crippen molar-refractivity contribution in [3.8, 4) is 28.7 Å². The van der Waals surface area contributed by atoms with Crippen molar-refractivity contribution in [2.45, 2.75) is 19.4 Å². The van der Waals surface area contributed by atoms with Crippen molar-refractivity contribution in [3.05, 3.63) is 5.56 Å². The first-order chi connectivity index (χ1) is 8.88. The highest BCUT2D eigenvalue weighted by molar-refractivity contribution is 6.11. The third-order valence-corrected chi connectivity index (χ3v) is 3.04. The van der Waals surface area contributed by atoms with E-state index in [2.05, 4.69) is 0 Å². The molecule has 0 radical (unpaired) electrons. The van der Waals surface area contributed by atoms with Gasteiger partial charge in [-0.05, 0) is 13.8 Å². The van der Waals surface area contributed by atoms with E-state index in [1.165, 1.54) is 21.3 Å². The van der Waals surface area contributed by atoms with Crippen LogP contribution in [0.2, 0.25) is 0 Å². The molecule has 1 aliphatic rings. The number of phenols is 1. The molecular weight excluding hydrogens is 252 g/mol. The SMILES string of the molecule is COc1c(O)c2c(c(OC)c1OC)C(=O)C(C)(C)O2. The Labute approximate surface area is 110 Å². The largest absolute Gasteiger partial charge is 0.502 e. The second-order valence-corrected chi connectivity index (χ2v) is 4.59. The lowest BCUT2D eigenvalue weighted by Gasteiger charge is -2.16. The Bertz CT molecular complexity index is 547. The Balaban J connectivity index is 2.83. The van der Waals surface area contributed by atoms with Crippen LogP contribution in [0, 0.1) is 0 Å². The lowest BCUT2D eigenvalue weighted by atomic mass is 9.98. The van der Waals surface area contributed by atoms with Gasteiger partial charge in [0, 0.05) is 0 Å². The maximum atomic E-state index is 12.3. The lowest BCUT2D eigenvalue weighted by molar-refractivity contribution is 0.0677. The molecule has 0 aromatic heterocycles. The number of hydrogen-bond donors (Lipinski definition) is 1. The number of benzene rings is 1. The smallest absolute Gasteiger partial charge is 0.213 e. The number of Topliss-reactive ketones (excluding diaryl/α,β-unsaturated/α-hetero) is 1. The molecule has 0 saturated heterocycles. The maximum absolute atomic E-state index is 12.3. The molecule has 1 aromatic carbocycles. The van der Waals surface area contributed by atoms with Gasteiger partial charge >= 0.3 is 0 Å². The number of aromatic hydroxyl groups is 1. The average Bonchev–Trinajstić information content (AvgIpc) is 2.61. The highest BCUT2D eigenvalue weighted by atomic mass is 16.5. The molecule has 0 amide bonds. The second-order valence-electron chi connectivity index (χ2n) is 4.59. The molecule has 0 unspecified atom stereocenters. The van der Waals surface area contributed by atoms with Gasteiger partial charge in [-0.2, -0.15) is 0 Å². The van der Waals surface area contributed by atoms with E-state index in [0.29, 0.717) is 0 Å². The molecule has 6 heteroatoms. The van der Waals surface area contributed by atoms with Gasteiger partial charge in [-0.25, -0.2) is 0 Å². The summed E-state index contributed by atoms with van der Waals surface area (Å²) in [6, 6.07) is 0. The molecule has 2 rings (SSSR count). The summed E-state index contributed by atoms with van der Waals surface area (Å²) in [7, 11) is 4.19. The number of methoxy groups -OCH3 is 3. The van der Waals surface area contributed by atoms with E-state index in [-0.39, 0.29) is 40.1 Å². The summed E-state index contributed by atoms with van der Waals surface area (Å²) in [4.78, 5) is 12.3. The normalized spacial score (nSPS) is 15.7. The average molecular weight is 268 g/mol. The molecule has 104 valence electrons. The third kappa shape index (κ3) is 1.67. The topological polar surface area (TPSA) is 74.2 Å². The fourth-order valence-electron chi connectivity index (χ4n) is 2.13.